The summed E-state index contributed by atoms with van der Waals surface area (Å²) in [4.78, 5) is 32.4. The highest BCUT2D eigenvalue weighted by molar-refractivity contribution is 7.14. The van der Waals surface area contributed by atoms with E-state index in [0.717, 1.165) is 22.2 Å². The fourth-order valence-electron chi connectivity index (χ4n) is 3.56. The van der Waals surface area contributed by atoms with Crippen LogP contribution in [0.1, 0.15) is 63.7 Å². The van der Waals surface area contributed by atoms with Crippen LogP contribution in [0.15, 0.2) is 23.6 Å². The Hall–Kier alpha value is -2.67. The topological polar surface area (TPSA) is 86.9 Å². The van der Waals surface area contributed by atoms with Crippen molar-refractivity contribution in [3.8, 4) is 0 Å². The van der Waals surface area contributed by atoms with E-state index in [2.05, 4.69) is 27.5 Å². The van der Waals surface area contributed by atoms with Crippen molar-refractivity contribution < 1.29 is 9.59 Å². The number of rotatable bonds is 3. The van der Waals surface area contributed by atoms with Crippen molar-refractivity contribution in [1.82, 2.24) is 15.3 Å². The Morgan fingerprint density at radius 2 is 2.19 bits per heavy atom. The maximum atomic E-state index is 12.7. The zero-order chi connectivity index (χ0) is 17.8. The van der Waals surface area contributed by atoms with Crippen molar-refractivity contribution >= 4 is 39.2 Å². The first-order chi connectivity index (χ1) is 12.6. The van der Waals surface area contributed by atoms with Gasteiger partial charge in [-0.1, -0.05) is 6.92 Å². The van der Waals surface area contributed by atoms with Crippen molar-refractivity contribution in [1.29, 1.82) is 0 Å². The van der Waals surface area contributed by atoms with Gasteiger partial charge in [-0.3, -0.25) is 14.9 Å². The van der Waals surface area contributed by atoms with Gasteiger partial charge in [0.25, 0.3) is 11.8 Å². The average molecular weight is 366 g/mol. The number of H-pyrrole nitrogens is 1. The van der Waals surface area contributed by atoms with Gasteiger partial charge in [-0.15, -0.1) is 11.3 Å². The predicted molar refractivity (Wildman–Crippen MR) is 101 cm³/mol. The van der Waals surface area contributed by atoms with Crippen molar-refractivity contribution in [2.45, 2.75) is 31.6 Å². The van der Waals surface area contributed by atoms with E-state index in [1.165, 1.54) is 24.2 Å². The molecule has 0 saturated heterocycles. The molecule has 3 aromatic rings. The number of aromatic amines is 1. The van der Waals surface area contributed by atoms with Crippen molar-refractivity contribution in [3.05, 3.63) is 46.1 Å². The summed E-state index contributed by atoms with van der Waals surface area (Å²) < 4.78 is 0. The van der Waals surface area contributed by atoms with Crippen molar-refractivity contribution in [2.75, 3.05) is 11.9 Å². The van der Waals surface area contributed by atoms with Crippen LogP contribution >= 0.6 is 11.3 Å². The molecule has 2 amide bonds. The van der Waals surface area contributed by atoms with Crippen LogP contribution in [0, 0.1) is 0 Å². The molecule has 132 valence electrons. The number of benzene rings is 1. The molecule has 1 fully saturated rings. The number of hydrogen-bond donors (Lipinski definition) is 3. The second kappa shape index (κ2) is 5.67. The molecule has 1 aliphatic heterocycles. The second-order valence-corrected chi connectivity index (χ2v) is 7.95. The molecule has 1 atom stereocenters. The molecule has 2 aliphatic rings. The number of nitrogens with zero attached hydrogens (tertiary/aromatic N) is 1. The molecule has 1 saturated carbocycles. The summed E-state index contributed by atoms with van der Waals surface area (Å²) in [6, 6.07) is 5.50. The van der Waals surface area contributed by atoms with Gasteiger partial charge in [-0.25, -0.2) is 4.98 Å². The van der Waals surface area contributed by atoms with Gasteiger partial charge in [-0.2, -0.15) is 0 Å². The standard InChI is InChI=1S/C19H18N4O2S/c1-9-7-20-18(25)16-15(9)12-6-11(4-5-13(12)21-16)17(24)23-19-22-14(8-26-19)10-2-3-10/h4-6,8-10,21H,2-3,7H2,1H3,(H,20,25)(H,22,23,24). The summed E-state index contributed by atoms with van der Waals surface area (Å²) in [5, 5.41) is 9.38. The molecule has 1 aliphatic carbocycles. The quantitative estimate of drug-likeness (QED) is 0.662. The lowest BCUT2D eigenvalue weighted by atomic mass is 9.93. The number of thiazole rings is 1. The number of carbonyl (C=O) groups excluding carboxylic acids is 2. The lowest BCUT2D eigenvalue weighted by Crippen LogP contribution is -2.33. The molecule has 6 nitrogen and oxygen atoms in total. The molecule has 1 unspecified atom stereocenters. The molecular formula is C19H18N4O2S. The van der Waals surface area contributed by atoms with Gasteiger partial charge >= 0.3 is 0 Å². The van der Waals surface area contributed by atoms with E-state index >= 15 is 0 Å². The highest BCUT2D eigenvalue weighted by atomic mass is 32.1. The maximum Gasteiger partial charge on any atom is 0.268 e. The Morgan fingerprint density at radius 1 is 1.35 bits per heavy atom. The van der Waals surface area contributed by atoms with Gasteiger partial charge in [0.15, 0.2) is 5.13 Å². The van der Waals surface area contributed by atoms with E-state index in [1.807, 2.05) is 17.5 Å². The summed E-state index contributed by atoms with van der Waals surface area (Å²) in [7, 11) is 0. The average Bonchev–Trinajstić information content (AvgIpc) is 3.25. The largest absolute Gasteiger partial charge is 0.350 e. The number of anilines is 1. The van der Waals surface area contributed by atoms with Crippen LogP contribution < -0.4 is 10.6 Å². The third kappa shape index (κ3) is 2.50. The molecular weight excluding hydrogens is 348 g/mol. The van der Waals surface area contributed by atoms with Crippen LogP contribution in [0.25, 0.3) is 10.9 Å². The maximum absolute atomic E-state index is 12.7. The van der Waals surface area contributed by atoms with E-state index in [0.29, 0.717) is 28.9 Å². The lowest BCUT2D eigenvalue weighted by Gasteiger charge is -2.19. The van der Waals surface area contributed by atoms with E-state index in [9.17, 15) is 9.59 Å². The van der Waals surface area contributed by atoms with E-state index < -0.39 is 0 Å². The van der Waals surface area contributed by atoms with Gasteiger partial charge in [0, 0.05) is 40.2 Å². The van der Waals surface area contributed by atoms with Crippen LogP contribution in [-0.2, 0) is 0 Å². The Labute approximate surface area is 154 Å². The number of aromatic nitrogens is 2. The molecule has 5 rings (SSSR count). The monoisotopic (exact) mass is 366 g/mol. The summed E-state index contributed by atoms with van der Waals surface area (Å²) in [5.74, 6) is 0.518. The molecule has 0 bridgehead atoms. The first kappa shape index (κ1) is 15.6. The number of carbonyl (C=O) groups is 2. The first-order valence-corrected chi connectivity index (χ1v) is 9.68. The van der Waals surface area contributed by atoms with Gasteiger partial charge in [0.1, 0.15) is 5.69 Å². The molecule has 0 spiro atoms. The lowest BCUT2D eigenvalue weighted by molar-refractivity contribution is 0.0936. The van der Waals surface area contributed by atoms with Crippen molar-refractivity contribution in [2.24, 2.45) is 0 Å². The van der Waals surface area contributed by atoms with Crippen LogP contribution in [0.2, 0.25) is 0 Å². The third-order valence-corrected chi connectivity index (χ3v) is 5.90. The summed E-state index contributed by atoms with van der Waals surface area (Å²) in [5.41, 5.74) is 4.12. The zero-order valence-corrected chi connectivity index (χ0v) is 15.1. The second-order valence-electron chi connectivity index (χ2n) is 7.09. The van der Waals surface area contributed by atoms with Crippen LogP contribution in [0.3, 0.4) is 0 Å². The first-order valence-electron chi connectivity index (χ1n) is 8.80. The summed E-state index contributed by atoms with van der Waals surface area (Å²) in [6.45, 7) is 2.69. The fraction of sp³-hybridized carbons (Fsp3) is 0.316. The third-order valence-electron chi connectivity index (χ3n) is 5.13. The van der Waals surface area contributed by atoms with E-state index in [-0.39, 0.29) is 17.7 Å². The molecule has 7 heteroatoms. The Morgan fingerprint density at radius 3 is 3.00 bits per heavy atom. The zero-order valence-electron chi connectivity index (χ0n) is 14.3. The summed E-state index contributed by atoms with van der Waals surface area (Å²) in [6.07, 6.45) is 2.39. The highest BCUT2D eigenvalue weighted by Crippen LogP contribution is 2.41. The van der Waals surface area contributed by atoms with E-state index in [1.54, 1.807) is 6.07 Å². The van der Waals surface area contributed by atoms with Crippen LogP contribution in [0.5, 0.6) is 0 Å². The molecule has 2 aromatic heterocycles. The fourth-order valence-corrected chi connectivity index (χ4v) is 4.35. The minimum atomic E-state index is -0.175. The van der Waals surface area contributed by atoms with E-state index in [4.69, 9.17) is 0 Å². The Bertz CT molecular complexity index is 1050. The molecule has 26 heavy (non-hydrogen) atoms. The number of fused-ring (bicyclic) bond motifs is 3. The number of nitrogens with one attached hydrogen (secondary N) is 3. The van der Waals surface area contributed by atoms with Gasteiger partial charge in [0.05, 0.1) is 5.69 Å². The molecule has 3 heterocycles. The SMILES string of the molecule is CC1CNC(=O)c2[nH]c3ccc(C(=O)Nc4nc(C5CC5)cs4)cc3c21. The number of amides is 2. The van der Waals surface area contributed by atoms with Gasteiger partial charge in [0.2, 0.25) is 0 Å². The Kier molecular flexibility index (Phi) is 3.40. The minimum Gasteiger partial charge on any atom is -0.350 e. The van der Waals surface area contributed by atoms with Gasteiger partial charge < -0.3 is 10.3 Å². The van der Waals surface area contributed by atoms with Crippen LogP contribution in [0.4, 0.5) is 5.13 Å². The summed E-state index contributed by atoms with van der Waals surface area (Å²) >= 11 is 1.47. The predicted octanol–water partition coefficient (Wildman–Crippen LogP) is 3.60. The molecule has 3 N–H and O–H groups in total. The minimum absolute atomic E-state index is 0.0873. The van der Waals surface area contributed by atoms with Gasteiger partial charge in [-0.05, 0) is 36.6 Å². The highest BCUT2D eigenvalue weighted by Gasteiger charge is 2.28. The molecule has 0 radical (unpaired) electrons. The van der Waals surface area contributed by atoms with Crippen LogP contribution in [-0.4, -0.2) is 28.3 Å². The number of hydrogen-bond acceptors (Lipinski definition) is 4. The molecule has 1 aromatic carbocycles. The van der Waals surface area contributed by atoms with Crippen molar-refractivity contribution in [3.63, 3.8) is 0 Å². The Balaban J connectivity index is 1.47. The normalized spacial score (nSPS) is 19.3. The smallest absolute Gasteiger partial charge is 0.268 e.